The monoisotopic (exact) mass is 225 g/mol. The number of nitrogens with zero attached hydrogens (tertiary/aromatic N) is 2. The average Bonchev–Trinajstić information content (AvgIpc) is 2.40. The largest absolute Gasteiger partial charge is 0.298 e. The van der Waals surface area contributed by atoms with E-state index in [1.54, 1.807) is 6.20 Å². The van der Waals surface area contributed by atoms with Crippen LogP contribution in [-0.4, -0.2) is 11.5 Å². The Hall–Kier alpha value is -1.92. The number of pyridine rings is 1. The van der Waals surface area contributed by atoms with Gasteiger partial charge in [0.2, 0.25) is 0 Å². The molecule has 0 amide bonds. The fraction of sp³-hybridized carbons (Fsp3) is 0.286. The average molecular weight is 225 g/mol. The third-order valence-electron chi connectivity index (χ3n) is 2.74. The molecule has 0 saturated heterocycles. The van der Waals surface area contributed by atoms with Crippen molar-refractivity contribution in [2.75, 3.05) is 6.54 Å². The lowest BCUT2D eigenvalue weighted by atomic mass is 10.0. The molecule has 0 aliphatic rings. The molecule has 1 N–H and O–H groups in total. The predicted octanol–water partition coefficient (Wildman–Crippen LogP) is 2.80. The summed E-state index contributed by atoms with van der Waals surface area (Å²) in [5, 5.41) is 14.6. The van der Waals surface area contributed by atoms with Gasteiger partial charge >= 0.3 is 0 Å². The summed E-state index contributed by atoms with van der Waals surface area (Å²) in [6.45, 7) is 2.92. The van der Waals surface area contributed by atoms with Crippen molar-refractivity contribution in [1.82, 2.24) is 10.3 Å². The fourth-order valence-electron chi connectivity index (χ4n) is 1.88. The maximum atomic E-state index is 9.23. The van der Waals surface area contributed by atoms with E-state index < -0.39 is 0 Å². The lowest BCUT2D eigenvalue weighted by Crippen LogP contribution is -2.21. The van der Waals surface area contributed by atoms with Crippen LogP contribution in [0.15, 0.2) is 36.7 Å². The van der Waals surface area contributed by atoms with Crippen LogP contribution in [0.5, 0.6) is 0 Å². The zero-order valence-corrected chi connectivity index (χ0v) is 9.85. The highest BCUT2D eigenvalue weighted by Gasteiger charge is 2.12. The van der Waals surface area contributed by atoms with Gasteiger partial charge < -0.3 is 0 Å². The Morgan fingerprint density at radius 3 is 2.94 bits per heavy atom. The van der Waals surface area contributed by atoms with Crippen molar-refractivity contribution in [3.8, 4) is 6.07 Å². The second-order valence-electron chi connectivity index (χ2n) is 3.97. The Labute approximate surface area is 101 Å². The van der Waals surface area contributed by atoms with Gasteiger partial charge in [0.25, 0.3) is 0 Å². The van der Waals surface area contributed by atoms with Gasteiger partial charge in [-0.15, -0.1) is 0 Å². The van der Waals surface area contributed by atoms with Crippen molar-refractivity contribution in [2.45, 2.75) is 19.4 Å². The topological polar surface area (TPSA) is 48.7 Å². The van der Waals surface area contributed by atoms with Crippen LogP contribution in [0.25, 0.3) is 10.8 Å². The first-order valence-electron chi connectivity index (χ1n) is 5.82. The first kappa shape index (κ1) is 11.6. The predicted molar refractivity (Wildman–Crippen MR) is 68.4 cm³/mol. The second kappa shape index (κ2) is 5.42. The molecule has 1 atom stereocenters. The molecule has 1 unspecified atom stereocenters. The van der Waals surface area contributed by atoms with Gasteiger partial charge in [0.15, 0.2) is 0 Å². The summed E-state index contributed by atoms with van der Waals surface area (Å²) in [7, 11) is 0. The number of nitriles is 1. The minimum atomic E-state index is -0.284. The summed E-state index contributed by atoms with van der Waals surface area (Å²) in [6, 6.07) is 10.0. The van der Waals surface area contributed by atoms with Gasteiger partial charge in [-0.2, -0.15) is 5.26 Å². The zero-order chi connectivity index (χ0) is 12.1. The number of hydrogen-bond donors (Lipinski definition) is 1. The summed E-state index contributed by atoms with van der Waals surface area (Å²) in [5.74, 6) is 0. The summed E-state index contributed by atoms with van der Waals surface area (Å²) >= 11 is 0. The van der Waals surface area contributed by atoms with Crippen molar-refractivity contribution < 1.29 is 0 Å². The quantitative estimate of drug-likeness (QED) is 0.870. The van der Waals surface area contributed by atoms with Gasteiger partial charge in [-0.25, -0.2) is 0 Å². The van der Waals surface area contributed by atoms with E-state index in [0.29, 0.717) is 0 Å². The van der Waals surface area contributed by atoms with Crippen LogP contribution >= 0.6 is 0 Å². The Morgan fingerprint density at radius 2 is 2.18 bits per heavy atom. The Balaban J connectivity index is 2.43. The van der Waals surface area contributed by atoms with Gasteiger partial charge in [0.05, 0.1) is 6.07 Å². The molecular formula is C14H15N3. The van der Waals surface area contributed by atoms with Crippen molar-refractivity contribution in [2.24, 2.45) is 0 Å². The first-order chi connectivity index (χ1) is 8.36. The molecule has 2 rings (SSSR count). The fourth-order valence-corrected chi connectivity index (χ4v) is 1.88. The van der Waals surface area contributed by atoms with E-state index in [4.69, 9.17) is 0 Å². The third-order valence-corrected chi connectivity index (χ3v) is 2.74. The maximum Gasteiger partial charge on any atom is 0.123 e. The van der Waals surface area contributed by atoms with Crippen LogP contribution in [0.4, 0.5) is 0 Å². The molecule has 0 saturated carbocycles. The van der Waals surface area contributed by atoms with E-state index in [-0.39, 0.29) is 6.04 Å². The SMILES string of the molecule is CCCNC(C#N)c1cncc2ccccc12. The molecule has 86 valence electrons. The Morgan fingerprint density at radius 1 is 1.35 bits per heavy atom. The molecule has 3 heteroatoms. The van der Waals surface area contributed by atoms with Crippen LogP contribution < -0.4 is 5.32 Å². The van der Waals surface area contributed by atoms with Crippen molar-refractivity contribution in [1.29, 1.82) is 5.26 Å². The van der Waals surface area contributed by atoms with E-state index in [1.165, 1.54) is 0 Å². The number of rotatable bonds is 4. The molecule has 0 aliphatic carbocycles. The molecule has 0 spiro atoms. The van der Waals surface area contributed by atoms with Crippen LogP contribution in [-0.2, 0) is 0 Å². The van der Waals surface area contributed by atoms with E-state index in [1.807, 2.05) is 30.5 Å². The van der Waals surface area contributed by atoms with Crippen molar-refractivity contribution >= 4 is 10.8 Å². The van der Waals surface area contributed by atoms with Gasteiger partial charge in [0.1, 0.15) is 6.04 Å². The lowest BCUT2D eigenvalue weighted by molar-refractivity contribution is 0.623. The number of benzene rings is 1. The lowest BCUT2D eigenvalue weighted by Gasteiger charge is -2.13. The van der Waals surface area contributed by atoms with Gasteiger partial charge in [-0.05, 0) is 18.4 Å². The molecule has 0 aliphatic heterocycles. The molecule has 1 aromatic heterocycles. The van der Waals surface area contributed by atoms with E-state index >= 15 is 0 Å². The Kier molecular flexibility index (Phi) is 3.69. The molecule has 1 heterocycles. The molecule has 0 radical (unpaired) electrons. The van der Waals surface area contributed by atoms with Crippen LogP contribution in [0.1, 0.15) is 24.9 Å². The normalized spacial score (nSPS) is 12.2. The first-order valence-corrected chi connectivity index (χ1v) is 5.82. The maximum absolute atomic E-state index is 9.23. The smallest absolute Gasteiger partial charge is 0.123 e. The van der Waals surface area contributed by atoms with Gasteiger partial charge in [0, 0.05) is 23.3 Å². The summed E-state index contributed by atoms with van der Waals surface area (Å²) in [4.78, 5) is 4.20. The number of aromatic nitrogens is 1. The van der Waals surface area contributed by atoms with Crippen LogP contribution in [0.2, 0.25) is 0 Å². The highest BCUT2D eigenvalue weighted by Crippen LogP contribution is 2.22. The number of nitrogens with one attached hydrogen (secondary N) is 1. The second-order valence-corrected chi connectivity index (χ2v) is 3.97. The number of fused-ring (bicyclic) bond motifs is 1. The van der Waals surface area contributed by atoms with Crippen molar-refractivity contribution in [3.63, 3.8) is 0 Å². The summed E-state index contributed by atoms with van der Waals surface area (Å²) < 4.78 is 0. The molecule has 0 fully saturated rings. The minimum absolute atomic E-state index is 0.284. The molecule has 17 heavy (non-hydrogen) atoms. The standard InChI is InChI=1S/C14H15N3/c1-2-7-17-14(8-15)13-10-16-9-11-5-3-4-6-12(11)13/h3-6,9-10,14,17H,2,7H2,1H3. The highest BCUT2D eigenvalue weighted by molar-refractivity contribution is 5.85. The van der Waals surface area contributed by atoms with E-state index in [0.717, 1.165) is 29.3 Å². The highest BCUT2D eigenvalue weighted by atomic mass is 14.9. The third kappa shape index (κ3) is 2.43. The number of hydrogen-bond acceptors (Lipinski definition) is 3. The van der Waals surface area contributed by atoms with Crippen LogP contribution in [0.3, 0.4) is 0 Å². The molecule has 2 aromatic rings. The summed E-state index contributed by atoms with van der Waals surface area (Å²) in [5.41, 5.74) is 0.957. The molecule has 3 nitrogen and oxygen atoms in total. The Bertz CT molecular complexity index is 537. The molecule has 0 bridgehead atoms. The van der Waals surface area contributed by atoms with Crippen LogP contribution in [0, 0.1) is 11.3 Å². The van der Waals surface area contributed by atoms with Crippen molar-refractivity contribution in [3.05, 3.63) is 42.2 Å². The molecular weight excluding hydrogens is 210 g/mol. The van der Waals surface area contributed by atoms with E-state index in [2.05, 4.69) is 23.3 Å². The van der Waals surface area contributed by atoms with Gasteiger partial charge in [-0.3, -0.25) is 10.3 Å². The minimum Gasteiger partial charge on any atom is -0.298 e. The molecule has 1 aromatic carbocycles. The summed E-state index contributed by atoms with van der Waals surface area (Å²) in [6.07, 6.45) is 4.61. The van der Waals surface area contributed by atoms with Gasteiger partial charge in [-0.1, -0.05) is 31.2 Å². The van der Waals surface area contributed by atoms with E-state index in [9.17, 15) is 5.26 Å². The zero-order valence-electron chi connectivity index (χ0n) is 9.85.